The van der Waals surface area contributed by atoms with Gasteiger partial charge >= 0.3 is 11.7 Å². The summed E-state index contributed by atoms with van der Waals surface area (Å²) in [5, 5.41) is 5.31. The quantitative estimate of drug-likeness (QED) is 0.618. The summed E-state index contributed by atoms with van der Waals surface area (Å²) < 4.78 is 5.76. The zero-order valence-corrected chi connectivity index (χ0v) is 15.3. The Morgan fingerprint density at radius 2 is 2.00 bits per heavy atom. The van der Waals surface area contributed by atoms with Gasteiger partial charge in [-0.3, -0.25) is 14.6 Å². The van der Waals surface area contributed by atoms with Gasteiger partial charge in [0.2, 0.25) is 0 Å². The van der Waals surface area contributed by atoms with Crippen molar-refractivity contribution in [2.24, 2.45) is 17.8 Å². The number of aromatic nitrogens is 3. The number of hydrogen-bond acceptors (Lipinski definition) is 6. The molecule has 0 unspecified atom stereocenters. The molecular formula is C16H25N3O4S. The minimum Gasteiger partial charge on any atom is -0.461 e. The van der Waals surface area contributed by atoms with E-state index in [1.165, 1.54) is 0 Å². The van der Waals surface area contributed by atoms with Crippen LogP contribution in [-0.4, -0.2) is 32.5 Å². The lowest BCUT2D eigenvalue weighted by molar-refractivity contribution is -0.154. The van der Waals surface area contributed by atoms with Crippen molar-refractivity contribution in [2.75, 3.05) is 0 Å². The fourth-order valence-electron chi connectivity index (χ4n) is 3.13. The van der Waals surface area contributed by atoms with E-state index >= 15 is 0 Å². The molecular weight excluding hydrogens is 330 g/mol. The number of rotatable bonds is 5. The minimum absolute atomic E-state index is 0.0523. The van der Waals surface area contributed by atoms with Gasteiger partial charge in [-0.25, -0.2) is 9.89 Å². The summed E-state index contributed by atoms with van der Waals surface area (Å²) >= 11 is 0.986. The molecule has 134 valence electrons. The maximum Gasteiger partial charge on any atom is 0.342 e. The molecule has 4 atom stereocenters. The molecule has 1 saturated carbocycles. The average Bonchev–Trinajstić information content (AvgIpc) is 2.49. The second kappa shape index (κ2) is 8.00. The van der Waals surface area contributed by atoms with Crippen LogP contribution < -0.4 is 11.2 Å². The molecule has 0 radical (unpaired) electrons. The SMILES string of the molecule is CC(C)[C@@H]1CC[C@H](C)C[C@@H]1OC(=O)[C@@H](C)Sc1n[nH]c(=O)[nH]c1=O. The predicted molar refractivity (Wildman–Crippen MR) is 92.0 cm³/mol. The average molecular weight is 355 g/mol. The Hall–Kier alpha value is -1.57. The van der Waals surface area contributed by atoms with Gasteiger partial charge < -0.3 is 4.74 Å². The molecule has 1 aromatic rings. The van der Waals surface area contributed by atoms with E-state index in [0.717, 1.165) is 31.0 Å². The zero-order chi connectivity index (χ0) is 17.9. The smallest absolute Gasteiger partial charge is 0.342 e. The molecule has 1 heterocycles. The molecule has 1 aliphatic rings. The van der Waals surface area contributed by atoms with Crippen LogP contribution in [0.25, 0.3) is 0 Å². The number of esters is 1. The van der Waals surface area contributed by atoms with Gasteiger partial charge in [-0.1, -0.05) is 39.0 Å². The molecule has 0 aromatic carbocycles. The lowest BCUT2D eigenvalue weighted by Gasteiger charge is -2.37. The van der Waals surface area contributed by atoms with Gasteiger partial charge in [0.05, 0.1) is 0 Å². The molecule has 0 bridgehead atoms. The van der Waals surface area contributed by atoms with Gasteiger partial charge in [0.25, 0.3) is 5.56 Å². The molecule has 24 heavy (non-hydrogen) atoms. The summed E-state index contributed by atoms with van der Waals surface area (Å²) in [6.07, 6.45) is 3.03. The number of carbonyl (C=O) groups is 1. The van der Waals surface area contributed by atoms with Crippen LogP contribution in [-0.2, 0) is 9.53 Å². The number of ether oxygens (including phenoxy) is 1. The Balaban J connectivity index is 2.01. The summed E-state index contributed by atoms with van der Waals surface area (Å²) in [7, 11) is 0. The molecule has 0 amide bonds. The van der Waals surface area contributed by atoms with E-state index in [2.05, 4.69) is 36.0 Å². The number of hydrogen-bond donors (Lipinski definition) is 2. The highest BCUT2D eigenvalue weighted by molar-refractivity contribution is 8.00. The van der Waals surface area contributed by atoms with Gasteiger partial charge in [-0.05, 0) is 37.5 Å². The van der Waals surface area contributed by atoms with Crippen molar-refractivity contribution < 1.29 is 9.53 Å². The molecule has 0 aliphatic heterocycles. The third-order valence-corrected chi connectivity index (χ3v) is 5.58. The second-order valence-corrected chi connectivity index (χ2v) is 8.20. The van der Waals surface area contributed by atoms with Gasteiger partial charge in [0, 0.05) is 0 Å². The molecule has 0 spiro atoms. The lowest BCUT2D eigenvalue weighted by atomic mass is 9.75. The molecule has 2 N–H and O–H groups in total. The van der Waals surface area contributed by atoms with E-state index in [9.17, 15) is 14.4 Å². The molecule has 1 aliphatic carbocycles. The predicted octanol–water partition coefficient (Wildman–Crippen LogP) is 1.94. The van der Waals surface area contributed by atoms with E-state index in [1.54, 1.807) is 6.92 Å². The summed E-state index contributed by atoms with van der Waals surface area (Å²) in [6, 6.07) is 0. The Morgan fingerprint density at radius 1 is 1.29 bits per heavy atom. The fourth-order valence-corrected chi connectivity index (χ4v) is 3.87. The van der Waals surface area contributed by atoms with E-state index in [0.29, 0.717) is 17.8 Å². The van der Waals surface area contributed by atoms with Crippen LogP contribution in [0.2, 0.25) is 0 Å². The third-order valence-electron chi connectivity index (χ3n) is 4.53. The van der Waals surface area contributed by atoms with Crippen LogP contribution in [0.1, 0.15) is 47.0 Å². The van der Waals surface area contributed by atoms with Crippen LogP contribution >= 0.6 is 11.8 Å². The number of nitrogens with one attached hydrogen (secondary N) is 2. The molecule has 0 saturated heterocycles. The zero-order valence-electron chi connectivity index (χ0n) is 14.5. The minimum atomic E-state index is -0.671. The highest BCUT2D eigenvalue weighted by Crippen LogP contribution is 2.36. The van der Waals surface area contributed by atoms with Crippen LogP contribution in [0.15, 0.2) is 14.6 Å². The standard InChI is InChI=1S/C16H25N3O4S/c1-8(2)11-6-5-9(3)7-12(11)23-15(21)10(4)24-14-13(20)17-16(22)19-18-14/h8-12H,5-7H2,1-4H3,(H2,17,19,20,22)/t9-,10+,11-,12-/m0/s1. The first-order valence-electron chi connectivity index (χ1n) is 8.34. The fraction of sp³-hybridized carbons (Fsp3) is 0.750. The van der Waals surface area contributed by atoms with Gasteiger partial charge in [-0.15, -0.1) is 0 Å². The molecule has 1 fully saturated rings. The number of thioether (sulfide) groups is 1. The summed E-state index contributed by atoms with van der Waals surface area (Å²) in [5.41, 5.74) is -1.27. The van der Waals surface area contributed by atoms with Crippen molar-refractivity contribution in [1.29, 1.82) is 0 Å². The van der Waals surface area contributed by atoms with Crippen LogP contribution in [0, 0.1) is 17.8 Å². The summed E-state index contributed by atoms with van der Waals surface area (Å²) in [5.74, 6) is 1.03. The maximum absolute atomic E-state index is 12.4. The largest absolute Gasteiger partial charge is 0.461 e. The second-order valence-electron chi connectivity index (χ2n) is 6.87. The van der Waals surface area contributed by atoms with Crippen molar-refractivity contribution in [3.05, 3.63) is 20.8 Å². The van der Waals surface area contributed by atoms with E-state index < -0.39 is 16.5 Å². The first-order chi connectivity index (χ1) is 11.3. The monoisotopic (exact) mass is 355 g/mol. The molecule has 1 aromatic heterocycles. The molecule has 7 nitrogen and oxygen atoms in total. The van der Waals surface area contributed by atoms with Crippen molar-refractivity contribution in [1.82, 2.24) is 15.2 Å². The van der Waals surface area contributed by atoms with E-state index in [-0.39, 0.29) is 17.1 Å². The normalized spacial score (nSPS) is 25.5. The van der Waals surface area contributed by atoms with Gasteiger partial charge in [-0.2, -0.15) is 5.10 Å². The molecule has 8 heteroatoms. The Kier molecular flexibility index (Phi) is 6.26. The summed E-state index contributed by atoms with van der Waals surface area (Å²) in [6.45, 7) is 8.17. The van der Waals surface area contributed by atoms with E-state index in [1.807, 2.05) is 0 Å². The first-order valence-corrected chi connectivity index (χ1v) is 9.22. The van der Waals surface area contributed by atoms with Crippen molar-refractivity contribution in [3.63, 3.8) is 0 Å². The first kappa shape index (κ1) is 18.8. The van der Waals surface area contributed by atoms with E-state index in [4.69, 9.17) is 4.74 Å². The molecule has 2 rings (SSSR count). The highest BCUT2D eigenvalue weighted by atomic mass is 32.2. The van der Waals surface area contributed by atoms with Crippen LogP contribution in [0.4, 0.5) is 0 Å². The van der Waals surface area contributed by atoms with Crippen LogP contribution in [0.3, 0.4) is 0 Å². The third kappa shape index (κ3) is 4.72. The number of H-pyrrole nitrogens is 2. The Morgan fingerprint density at radius 3 is 2.62 bits per heavy atom. The maximum atomic E-state index is 12.4. The van der Waals surface area contributed by atoms with Gasteiger partial charge in [0.1, 0.15) is 11.4 Å². The topological polar surface area (TPSA) is 105 Å². The number of carbonyl (C=O) groups excluding carboxylic acids is 1. The lowest BCUT2D eigenvalue weighted by Crippen LogP contribution is -2.37. The number of nitrogens with zero attached hydrogens (tertiary/aromatic N) is 1. The van der Waals surface area contributed by atoms with Crippen molar-refractivity contribution in [3.8, 4) is 0 Å². The number of aromatic amines is 2. The Labute approximate surface area is 145 Å². The summed E-state index contributed by atoms with van der Waals surface area (Å²) in [4.78, 5) is 37.1. The highest BCUT2D eigenvalue weighted by Gasteiger charge is 2.34. The van der Waals surface area contributed by atoms with Crippen LogP contribution in [0.5, 0.6) is 0 Å². The Bertz CT molecular complexity index is 684. The van der Waals surface area contributed by atoms with Crippen molar-refractivity contribution in [2.45, 2.75) is 63.3 Å². The van der Waals surface area contributed by atoms with Crippen molar-refractivity contribution >= 4 is 17.7 Å². The van der Waals surface area contributed by atoms with Gasteiger partial charge in [0.15, 0.2) is 5.03 Å².